The quantitative estimate of drug-likeness (QED) is 0.314. The number of benzene rings is 2. The summed E-state index contributed by atoms with van der Waals surface area (Å²) in [5.74, 6) is -0.194. The SMILES string of the molecule is CCOc1cc2c(cc1C(=O)NC)C(=N)N(CC(=O)c1cc(N3CCC(COC)C3)c(OCC(=O)O)c(C(C)(C)C)c1)C2. The third-order valence-electron chi connectivity index (χ3n) is 7.81. The molecule has 11 nitrogen and oxygen atoms in total. The van der Waals surface area contributed by atoms with Gasteiger partial charge in [0.15, 0.2) is 12.4 Å². The Morgan fingerprint density at radius 3 is 2.51 bits per heavy atom. The molecular weight excluding hydrogens is 552 g/mol. The fourth-order valence-electron chi connectivity index (χ4n) is 5.69. The van der Waals surface area contributed by atoms with Crippen molar-refractivity contribution < 1.29 is 33.7 Å². The number of carbonyl (C=O) groups excluding carboxylic acids is 2. The highest BCUT2D eigenvalue weighted by atomic mass is 16.5. The van der Waals surface area contributed by atoms with Crippen molar-refractivity contribution in [3.05, 3.63) is 52.1 Å². The molecule has 1 atom stereocenters. The lowest BCUT2D eigenvalue weighted by molar-refractivity contribution is -0.139. The molecule has 0 radical (unpaired) electrons. The molecule has 0 aromatic heterocycles. The number of amidine groups is 1. The molecule has 2 aromatic rings. The largest absolute Gasteiger partial charge is 0.493 e. The maximum atomic E-state index is 13.9. The van der Waals surface area contributed by atoms with Crippen LogP contribution in [0, 0.1) is 11.3 Å². The molecule has 2 aliphatic heterocycles. The van der Waals surface area contributed by atoms with E-state index in [1.807, 2.05) is 27.7 Å². The number of nitrogens with one attached hydrogen (secondary N) is 2. The number of ketones is 1. The monoisotopic (exact) mass is 594 g/mol. The fourth-order valence-corrected chi connectivity index (χ4v) is 5.69. The van der Waals surface area contributed by atoms with Gasteiger partial charge in [0, 0.05) is 56.4 Å². The number of carboxylic acids is 1. The van der Waals surface area contributed by atoms with E-state index in [9.17, 15) is 19.5 Å². The molecule has 2 aliphatic rings. The molecule has 0 bridgehead atoms. The molecule has 1 fully saturated rings. The third kappa shape index (κ3) is 6.93. The number of Topliss-reactive ketones (excluding diaryl/α,β-unsaturated/α-hetero) is 1. The highest BCUT2D eigenvalue weighted by Crippen LogP contribution is 2.42. The molecule has 1 saturated heterocycles. The van der Waals surface area contributed by atoms with E-state index in [0.29, 0.717) is 66.1 Å². The van der Waals surface area contributed by atoms with Crippen LogP contribution < -0.4 is 19.7 Å². The van der Waals surface area contributed by atoms with Gasteiger partial charge in [0.25, 0.3) is 5.91 Å². The number of nitrogens with zero attached hydrogens (tertiary/aromatic N) is 2. The van der Waals surface area contributed by atoms with Gasteiger partial charge in [0.1, 0.15) is 17.3 Å². The number of carboxylic acid groups (broad SMARTS) is 1. The molecule has 232 valence electrons. The van der Waals surface area contributed by atoms with E-state index in [1.165, 1.54) is 0 Å². The Morgan fingerprint density at radius 1 is 1.14 bits per heavy atom. The minimum absolute atomic E-state index is 0.0442. The van der Waals surface area contributed by atoms with Crippen LogP contribution in [0.5, 0.6) is 11.5 Å². The number of ether oxygens (including phenoxy) is 3. The van der Waals surface area contributed by atoms with Gasteiger partial charge in [-0.15, -0.1) is 0 Å². The van der Waals surface area contributed by atoms with Gasteiger partial charge in [0.05, 0.1) is 31.0 Å². The van der Waals surface area contributed by atoms with Crippen LogP contribution in [0.25, 0.3) is 0 Å². The van der Waals surface area contributed by atoms with E-state index in [1.54, 1.807) is 43.3 Å². The Labute approximate surface area is 252 Å². The van der Waals surface area contributed by atoms with E-state index in [-0.39, 0.29) is 24.1 Å². The van der Waals surface area contributed by atoms with Crippen LogP contribution in [-0.4, -0.2) is 87.1 Å². The van der Waals surface area contributed by atoms with Gasteiger partial charge in [0.2, 0.25) is 0 Å². The lowest BCUT2D eigenvalue weighted by Gasteiger charge is -2.29. The van der Waals surface area contributed by atoms with Crippen LogP contribution >= 0.6 is 0 Å². The van der Waals surface area contributed by atoms with E-state index in [0.717, 1.165) is 24.1 Å². The van der Waals surface area contributed by atoms with Crippen molar-refractivity contribution in [1.82, 2.24) is 10.2 Å². The van der Waals surface area contributed by atoms with Gasteiger partial charge < -0.3 is 34.4 Å². The number of anilines is 1. The second kappa shape index (κ2) is 13.0. The Balaban J connectivity index is 1.68. The van der Waals surface area contributed by atoms with Crippen LogP contribution in [0.4, 0.5) is 5.69 Å². The smallest absolute Gasteiger partial charge is 0.341 e. The predicted octanol–water partition coefficient (Wildman–Crippen LogP) is 3.70. The van der Waals surface area contributed by atoms with Crippen LogP contribution in [0.2, 0.25) is 0 Å². The first-order chi connectivity index (χ1) is 20.4. The second-order valence-corrected chi connectivity index (χ2v) is 12.0. The van der Waals surface area contributed by atoms with Gasteiger partial charge in [-0.2, -0.15) is 0 Å². The number of rotatable bonds is 12. The maximum Gasteiger partial charge on any atom is 0.341 e. The topological polar surface area (TPSA) is 141 Å². The lowest BCUT2D eigenvalue weighted by atomic mass is 9.84. The van der Waals surface area contributed by atoms with Gasteiger partial charge >= 0.3 is 5.97 Å². The molecule has 0 saturated carbocycles. The number of hydrogen-bond acceptors (Lipinski definition) is 8. The summed E-state index contributed by atoms with van der Waals surface area (Å²) in [5, 5.41) is 20.8. The first kappa shape index (κ1) is 31.8. The number of methoxy groups -OCH3 is 1. The molecule has 4 rings (SSSR count). The fraction of sp³-hybridized carbons (Fsp3) is 0.500. The summed E-state index contributed by atoms with van der Waals surface area (Å²) < 4.78 is 17.0. The summed E-state index contributed by atoms with van der Waals surface area (Å²) in [6.07, 6.45) is 0.903. The molecule has 3 N–H and O–H groups in total. The average molecular weight is 595 g/mol. The summed E-state index contributed by atoms with van der Waals surface area (Å²) in [4.78, 5) is 41.7. The summed E-state index contributed by atoms with van der Waals surface area (Å²) in [7, 11) is 3.21. The predicted molar refractivity (Wildman–Crippen MR) is 163 cm³/mol. The van der Waals surface area contributed by atoms with Crippen LogP contribution in [0.3, 0.4) is 0 Å². The number of hydrogen-bond donors (Lipinski definition) is 3. The normalized spacial score (nSPS) is 16.3. The van der Waals surface area contributed by atoms with Crippen LogP contribution in [0.15, 0.2) is 24.3 Å². The van der Waals surface area contributed by atoms with Crippen molar-refractivity contribution in [3.63, 3.8) is 0 Å². The van der Waals surface area contributed by atoms with E-state index < -0.39 is 18.0 Å². The molecule has 11 heteroatoms. The number of amides is 1. The standard InChI is InChI=1S/C32H42N4O7/c1-7-42-27-12-21-15-36(30(33)22(21)13-23(27)31(40)34-5)16-26(37)20-10-24(32(2,3)4)29(43-18-28(38)39)25(11-20)35-9-8-19(14-35)17-41-6/h10-13,19,33H,7-9,14-18H2,1-6H3,(H,34,40)(H,38,39). The second-order valence-electron chi connectivity index (χ2n) is 12.0. The van der Waals surface area contributed by atoms with E-state index in [4.69, 9.17) is 19.6 Å². The van der Waals surface area contributed by atoms with Gasteiger partial charge in [-0.25, -0.2) is 4.79 Å². The molecule has 1 amide bonds. The zero-order chi connectivity index (χ0) is 31.5. The summed E-state index contributed by atoms with van der Waals surface area (Å²) >= 11 is 0. The molecule has 0 aliphatic carbocycles. The number of fused-ring (bicyclic) bond motifs is 1. The maximum absolute atomic E-state index is 13.9. The number of carbonyl (C=O) groups is 3. The summed E-state index contributed by atoms with van der Waals surface area (Å²) in [6.45, 7) is 10.0. The number of aliphatic carboxylic acids is 1. The zero-order valence-electron chi connectivity index (χ0n) is 25.8. The minimum Gasteiger partial charge on any atom is -0.493 e. The Hall–Kier alpha value is -4.12. The molecule has 2 heterocycles. The molecule has 0 spiro atoms. The van der Waals surface area contributed by atoms with Crippen molar-refractivity contribution in [2.75, 3.05) is 58.5 Å². The van der Waals surface area contributed by atoms with Crippen molar-refractivity contribution in [3.8, 4) is 11.5 Å². The average Bonchev–Trinajstić information content (AvgIpc) is 3.54. The minimum atomic E-state index is -1.08. The molecule has 43 heavy (non-hydrogen) atoms. The molecular formula is C32H42N4O7. The van der Waals surface area contributed by atoms with Crippen molar-refractivity contribution in [2.45, 2.75) is 46.1 Å². The van der Waals surface area contributed by atoms with Gasteiger partial charge in [-0.3, -0.25) is 15.0 Å². The Bertz CT molecular complexity index is 1420. The summed E-state index contributed by atoms with van der Waals surface area (Å²) in [5.41, 5.74) is 3.17. The van der Waals surface area contributed by atoms with Gasteiger partial charge in [-0.05, 0) is 48.6 Å². The van der Waals surface area contributed by atoms with Crippen LogP contribution in [-0.2, 0) is 21.5 Å². The van der Waals surface area contributed by atoms with Crippen molar-refractivity contribution >= 4 is 29.2 Å². The van der Waals surface area contributed by atoms with E-state index in [2.05, 4.69) is 10.2 Å². The lowest BCUT2D eigenvalue weighted by Crippen LogP contribution is -2.31. The third-order valence-corrected chi connectivity index (χ3v) is 7.81. The molecule has 2 aromatic carbocycles. The van der Waals surface area contributed by atoms with Crippen LogP contribution in [0.1, 0.15) is 71.5 Å². The van der Waals surface area contributed by atoms with Crippen molar-refractivity contribution in [2.24, 2.45) is 5.92 Å². The molecule has 1 unspecified atom stereocenters. The highest BCUT2D eigenvalue weighted by Gasteiger charge is 2.33. The first-order valence-corrected chi connectivity index (χ1v) is 14.5. The van der Waals surface area contributed by atoms with E-state index >= 15 is 0 Å². The zero-order valence-corrected chi connectivity index (χ0v) is 25.8. The van der Waals surface area contributed by atoms with Gasteiger partial charge in [-0.1, -0.05) is 20.8 Å². The summed E-state index contributed by atoms with van der Waals surface area (Å²) in [6, 6.07) is 7.00. The first-order valence-electron chi connectivity index (χ1n) is 14.5. The Morgan fingerprint density at radius 2 is 1.88 bits per heavy atom. The highest BCUT2D eigenvalue weighted by molar-refractivity contribution is 6.08. The Kier molecular flexibility index (Phi) is 9.64. The van der Waals surface area contributed by atoms with Crippen molar-refractivity contribution in [1.29, 1.82) is 5.41 Å².